The average Bonchev–Trinajstić information content (AvgIpc) is 2.26. The van der Waals surface area contributed by atoms with Gasteiger partial charge < -0.3 is 5.32 Å². The van der Waals surface area contributed by atoms with Gasteiger partial charge in [0.15, 0.2) is 0 Å². The summed E-state index contributed by atoms with van der Waals surface area (Å²) in [7, 11) is 0. The van der Waals surface area contributed by atoms with Crippen LogP contribution in [0.4, 0.5) is 5.69 Å². The number of non-ortho nitro benzene ring substituents is 1. The summed E-state index contributed by atoms with van der Waals surface area (Å²) in [4.78, 5) is 21.3. The fraction of sp³-hybridized carbons (Fsp3) is 0.300. The van der Waals surface area contributed by atoms with Gasteiger partial charge in [0.1, 0.15) is 0 Å². The molecule has 1 unspecified atom stereocenters. The van der Waals surface area contributed by atoms with Crippen LogP contribution in [-0.2, 0) is 11.3 Å². The molecular formula is C10H12N2O3S. The lowest BCUT2D eigenvalue weighted by Crippen LogP contribution is -2.29. The lowest BCUT2D eigenvalue weighted by molar-refractivity contribution is -0.384. The number of rotatable bonds is 4. The van der Waals surface area contributed by atoms with E-state index in [9.17, 15) is 14.9 Å². The van der Waals surface area contributed by atoms with Gasteiger partial charge in [0.2, 0.25) is 5.91 Å². The Morgan fingerprint density at radius 2 is 2.31 bits per heavy atom. The van der Waals surface area contributed by atoms with E-state index in [1.807, 2.05) is 0 Å². The zero-order valence-electron chi connectivity index (χ0n) is 8.71. The van der Waals surface area contributed by atoms with Gasteiger partial charge in [-0.3, -0.25) is 14.9 Å². The third-order valence-corrected chi connectivity index (χ3v) is 2.20. The minimum Gasteiger partial charge on any atom is -0.351 e. The van der Waals surface area contributed by atoms with Crippen molar-refractivity contribution in [3.63, 3.8) is 0 Å². The molecule has 0 aliphatic carbocycles. The van der Waals surface area contributed by atoms with E-state index in [-0.39, 0.29) is 18.1 Å². The molecule has 1 aromatic rings. The number of carbonyl (C=O) groups excluding carboxylic acids is 1. The Morgan fingerprint density at radius 1 is 1.62 bits per heavy atom. The van der Waals surface area contributed by atoms with Crippen LogP contribution in [0.25, 0.3) is 0 Å². The standard InChI is InChI=1S/C10H12N2O3S/c1-7(16)10(13)11-6-8-3-2-4-9(5-8)12(14)15/h2-5,7,16H,6H2,1H3,(H,11,13). The Kier molecular flexibility index (Phi) is 4.30. The Hall–Kier alpha value is -1.56. The van der Waals surface area contributed by atoms with E-state index in [0.29, 0.717) is 5.56 Å². The fourth-order valence-corrected chi connectivity index (χ4v) is 1.21. The van der Waals surface area contributed by atoms with E-state index in [4.69, 9.17) is 0 Å². The molecule has 0 aliphatic heterocycles. The number of thiol groups is 1. The molecule has 0 saturated heterocycles. The van der Waals surface area contributed by atoms with Gasteiger partial charge in [-0.2, -0.15) is 12.6 Å². The number of hydrogen-bond acceptors (Lipinski definition) is 4. The molecule has 0 bridgehead atoms. The largest absolute Gasteiger partial charge is 0.351 e. The van der Waals surface area contributed by atoms with E-state index < -0.39 is 10.2 Å². The summed E-state index contributed by atoms with van der Waals surface area (Å²) >= 11 is 3.97. The fourth-order valence-electron chi connectivity index (χ4n) is 1.12. The van der Waals surface area contributed by atoms with Crippen molar-refractivity contribution in [3.8, 4) is 0 Å². The molecule has 1 rings (SSSR count). The first-order chi connectivity index (χ1) is 7.50. The Balaban J connectivity index is 2.64. The molecule has 1 aromatic carbocycles. The van der Waals surface area contributed by atoms with Crippen LogP contribution in [0.1, 0.15) is 12.5 Å². The molecule has 0 aromatic heterocycles. The monoisotopic (exact) mass is 240 g/mol. The topological polar surface area (TPSA) is 72.2 Å². The van der Waals surface area contributed by atoms with E-state index in [2.05, 4.69) is 17.9 Å². The van der Waals surface area contributed by atoms with E-state index in [1.54, 1.807) is 19.1 Å². The number of benzene rings is 1. The van der Waals surface area contributed by atoms with Crippen LogP contribution in [0.5, 0.6) is 0 Å². The van der Waals surface area contributed by atoms with Gasteiger partial charge in [-0.25, -0.2) is 0 Å². The second-order valence-electron chi connectivity index (χ2n) is 3.32. The maximum Gasteiger partial charge on any atom is 0.269 e. The first-order valence-electron chi connectivity index (χ1n) is 4.70. The van der Waals surface area contributed by atoms with Crippen molar-refractivity contribution in [3.05, 3.63) is 39.9 Å². The van der Waals surface area contributed by atoms with Crippen molar-refractivity contribution in [2.45, 2.75) is 18.7 Å². The highest BCUT2D eigenvalue weighted by Crippen LogP contribution is 2.12. The zero-order valence-corrected chi connectivity index (χ0v) is 9.61. The van der Waals surface area contributed by atoms with Crippen molar-refractivity contribution >= 4 is 24.2 Å². The van der Waals surface area contributed by atoms with E-state index >= 15 is 0 Å². The number of amides is 1. The SMILES string of the molecule is CC(S)C(=O)NCc1cccc([N+](=O)[O-])c1. The summed E-state index contributed by atoms with van der Waals surface area (Å²) in [6, 6.07) is 6.15. The second-order valence-corrected chi connectivity index (χ2v) is 4.10. The van der Waals surface area contributed by atoms with Gasteiger partial charge in [-0.15, -0.1) is 0 Å². The number of nitrogens with zero attached hydrogens (tertiary/aromatic N) is 1. The van der Waals surface area contributed by atoms with Crippen molar-refractivity contribution in [2.24, 2.45) is 0 Å². The van der Waals surface area contributed by atoms with Crippen LogP contribution >= 0.6 is 12.6 Å². The molecule has 16 heavy (non-hydrogen) atoms. The summed E-state index contributed by atoms with van der Waals surface area (Å²) in [6.07, 6.45) is 0. The molecule has 0 saturated carbocycles. The lowest BCUT2D eigenvalue weighted by atomic mass is 10.2. The predicted octanol–water partition coefficient (Wildman–Crippen LogP) is 1.53. The molecule has 0 spiro atoms. The molecule has 6 heteroatoms. The Labute approximate surface area is 98.4 Å². The minimum atomic E-state index is -0.466. The highest BCUT2D eigenvalue weighted by Gasteiger charge is 2.09. The number of hydrogen-bond donors (Lipinski definition) is 2. The maximum absolute atomic E-state index is 11.2. The summed E-state index contributed by atoms with van der Waals surface area (Å²) in [5.41, 5.74) is 0.710. The molecule has 0 heterocycles. The van der Waals surface area contributed by atoms with Gasteiger partial charge >= 0.3 is 0 Å². The van der Waals surface area contributed by atoms with Gasteiger partial charge in [0.05, 0.1) is 10.2 Å². The van der Waals surface area contributed by atoms with Crippen LogP contribution in [0, 0.1) is 10.1 Å². The van der Waals surface area contributed by atoms with Crippen LogP contribution in [0.15, 0.2) is 24.3 Å². The molecular weight excluding hydrogens is 228 g/mol. The van der Waals surface area contributed by atoms with Gasteiger partial charge in [0.25, 0.3) is 5.69 Å². The van der Waals surface area contributed by atoms with Gasteiger partial charge in [0, 0.05) is 18.7 Å². The quantitative estimate of drug-likeness (QED) is 0.476. The van der Waals surface area contributed by atoms with Crippen LogP contribution in [0.2, 0.25) is 0 Å². The molecule has 1 amide bonds. The molecule has 5 nitrogen and oxygen atoms in total. The highest BCUT2D eigenvalue weighted by molar-refractivity contribution is 7.81. The van der Waals surface area contributed by atoms with Crippen molar-refractivity contribution in [1.82, 2.24) is 5.32 Å². The molecule has 0 aliphatic rings. The average molecular weight is 240 g/mol. The first-order valence-corrected chi connectivity index (χ1v) is 5.21. The maximum atomic E-state index is 11.2. The number of nitrogens with one attached hydrogen (secondary N) is 1. The van der Waals surface area contributed by atoms with Gasteiger partial charge in [-0.1, -0.05) is 12.1 Å². The Morgan fingerprint density at radius 3 is 2.88 bits per heavy atom. The second kappa shape index (κ2) is 5.50. The Bertz CT molecular complexity index is 407. The lowest BCUT2D eigenvalue weighted by Gasteiger charge is -2.06. The summed E-state index contributed by atoms with van der Waals surface area (Å²) in [5.74, 6) is -0.199. The first kappa shape index (κ1) is 12.5. The predicted molar refractivity (Wildman–Crippen MR) is 63.4 cm³/mol. The number of nitro benzene ring substituents is 1. The summed E-state index contributed by atoms with van der Waals surface area (Å²) < 4.78 is 0. The van der Waals surface area contributed by atoms with Gasteiger partial charge in [-0.05, 0) is 12.5 Å². The van der Waals surface area contributed by atoms with Crippen molar-refractivity contribution in [2.75, 3.05) is 0 Å². The van der Waals surface area contributed by atoms with E-state index in [1.165, 1.54) is 12.1 Å². The summed E-state index contributed by atoms with van der Waals surface area (Å²) in [6.45, 7) is 1.93. The molecule has 1 atom stereocenters. The smallest absolute Gasteiger partial charge is 0.269 e. The third-order valence-electron chi connectivity index (χ3n) is 1.97. The molecule has 1 N–H and O–H groups in total. The normalized spacial score (nSPS) is 11.9. The van der Waals surface area contributed by atoms with Crippen LogP contribution in [0.3, 0.4) is 0 Å². The summed E-state index contributed by atoms with van der Waals surface area (Å²) in [5, 5.41) is 12.7. The van der Waals surface area contributed by atoms with Crippen molar-refractivity contribution < 1.29 is 9.72 Å². The third kappa shape index (κ3) is 3.54. The number of carbonyl (C=O) groups is 1. The molecule has 86 valence electrons. The van der Waals surface area contributed by atoms with E-state index in [0.717, 1.165) is 0 Å². The molecule has 0 radical (unpaired) electrons. The zero-order chi connectivity index (χ0) is 12.1. The van der Waals surface area contributed by atoms with Crippen LogP contribution < -0.4 is 5.32 Å². The number of nitro groups is 1. The van der Waals surface area contributed by atoms with Crippen LogP contribution in [-0.4, -0.2) is 16.1 Å². The van der Waals surface area contributed by atoms with Crippen molar-refractivity contribution in [1.29, 1.82) is 0 Å². The molecule has 0 fully saturated rings. The highest BCUT2D eigenvalue weighted by atomic mass is 32.1. The minimum absolute atomic E-state index is 0.0191.